The van der Waals surface area contributed by atoms with Gasteiger partial charge in [0.25, 0.3) is 26.5 Å². The molecule has 1 amide bonds. The second kappa shape index (κ2) is 40.7. The van der Waals surface area contributed by atoms with Crippen molar-refractivity contribution in [3.8, 4) is 11.5 Å². The first-order valence-corrected chi connectivity index (χ1v) is 39.7. The summed E-state index contributed by atoms with van der Waals surface area (Å²) in [5.74, 6) is -1.87. The number of cyclic esters (lactones) is 1. The number of ether oxygens (including phenoxy) is 4. The van der Waals surface area contributed by atoms with Crippen molar-refractivity contribution in [3.05, 3.63) is 224 Å². The number of aryl methyl sites for hydroxylation is 2. The van der Waals surface area contributed by atoms with Crippen molar-refractivity contribution in [2.24, 2.45) is 11.7 Å². The lowest BCUT2D eigenvalue weighted by atomic mass is 9.78. The Hall–Kier alpha value is -8.65. The highest BCUT2D eigenvalue weighted by molar-refractivity contribution is 9.10. The number of nitrogens with zero attached hydrogens (tertiary/aromatic N) is 8. The third-order valence-electron chi connectivity index (χ3n) is 19.1. The number of nitrogens with two attached hydrogens (primary N) is 1. The first kappa shape index (κ1) is 89.6. The lowest BCUT2D eigenvalue weighted by Gasteiger charge is -2.42. The zero-order valence-corrected chi connectivity index (χ0v) is 68.9. The molecule has 0 bridgehead atoms. The molecule has 1 saturated heterocycles. The van der Waals surface area contributed by atoms with Gasteiger partial charge in [-0.2, -0.15) is 0 Å². The van der Waals surface area contributed by atoms with E-state index in [4.69, 9.17) is 57.8 Å². The Labute approximate surface area is 672 Å². The predicted octanol–water partition coefficient (Wildman–Crippen LogP) is 15.9. The Morgan fingerprint density at radius 2 is 1.36 bits per heavy atom. The van der Waals surface area contributed by atoms with E-state index in [1.54, 1.807) is 18.2 Å². The first-order chi connectivity index (χ1) is 52.1. The first-order valence-electron chi connectivity index (χ1n) is 35.2. The van der Waals surface area contributed by atoms with Crippen LogP contribution in [0.5, 0.6) is 11.5 Å². The van der Waals surface area contributed by atoms with Gasteiger partial charge in [-0.15, -0.1) is 12.4 Å². The van der Waals surface area contributed by atoms with Crippen LogP contribution in [-0.4, -0.2) is 160 Å². The van der Waals surface area contributed by atoms with Crippen molar-refractivity contribution < 1.29 is 68.4 Å². The highest BCUT2D eigenvalue weighted by Crippen LogP contribution is 2.42. The molecule has 4 aliphatic rings. The van der Waals surface area contributed by atoms with E-state index >= 15 is 0 Å². The van der Waals surface area contributed by atoms with Gasteiger partial charge in [-0.05, 0) is 197 Å². The number of likely N-dealkylation sites (N-methyl/N-ethyl adjacent to an activating group) is 2. The molecule has 32 heteroatoms. The Morgan fingerprint density at radius 3 is 1.94 bits per heavy atom. The van der Waals surface area contributed by atoms with Crippen LogP contribution in [0, 0.1) is 37.2 Å². The van der Waals surface area contributed by atoms with E-state index in [0.717, 1.165) is 70.1 Å². The molecule has 0 radical (unpaired) electrons. The molecule has 598 valence electrons. The van der Waals surface area contributed by atoms with E-state index in [1.807, 2.05) is 59.1 Å². The zero-order valence-electron chi connectivity index (χ0n) is 63.4. The highest BCUT2D eigenvalue weighted by atomic mass is 79.9. The zero-order chi connectivity index (χ0) is 80.4. The van der Waals surface area contributed by atoms with Crippen LogP contribution in [0.4, 0.5) is 35.3 Å². The number of anilines is 3. The van der Waals surface area contributed by atoms with Crippen LogP contribution in [0.3, 0.4) is 0 Å². The summed E-state index contributed by atoms with van der Waals surface area (Å²) >= 11 is 15.6. The summed E-state index contributed by atoms with van der Waals surface area (Å²) in [6.45, 7) is 9.18. The van der Waals surface area contributed by atoms with Crippen molar-refractivity contribution in [2.45, 2.75) is 150 Å². The number of nitrogens with one attached hydrogen (secondary N) is 2. The second-order valence-corrected chi connectivity index (χ2v) is 33.5. The van der Waals surface area contributed by atoms with E-state index in [-0.39, 0.29) is 78.8 Å². The standard InChI is InChI=1S/C25H29ClFN5O2S.C19H22BrNO4.C19H16ClF2N3O4S.C15H24N2.CH2O2.ClH/c1-16-5-4-6-17(11-16)18-7-8-21(23(12-18)32(2)3)30-22-14-20(27)24(13-19(22)26)35(33,34)31-25-9-10-28-15-29-25;1-19(2,3)25-18(23)21-11-24-17(22)15-10-13(7-8-16(15)21)12-5-4-6-14(20)9-12;1-28-13-4-3-12(17(7-13)29-2)10-25(19-5-6-23-11-24-19)30(26,27)18-8-14(20)15(21)9-16(18)22;1-11-5-4-6-12(9-11)13-7-8-14(16)15(10-13)17(2)3;2-1-3;/h4-6,9-11,13-15,18,21,23,30H,7-8,12H2,1-3H3,(H,28,29,31);4-7,9,15-16H,8,10-11H2,1-3H3;3-9,11H,10H2,1-2H3;4-6,9,13-15H,7-8,10,16H2,1-3H3;1H,(H,2,3);1H/t18-,21-,23-;15-,16-;;13-,14-,15-;;/m00.0../s1. The molecule has 8 atom stereocenters. The molecule has 6 aromatic carbocycles. The maximum atomic E-state index is 15.0. The third-order valence-corrected chi connectivity index (χ3v) is 23.3. The molecule has 23 nitrogen and oxygen atoms in total. The van der Waals surface area contributed by atoms with Crippen molar-refractivity contribution in [2.75, 3.05) is 63.5 Å². The van der Waals surface area contributed by atoms with E-state index in [1.165, 1.54) is 85.1 Å². The van der Waals surface area contributed by atoms with Crippen molar-refractivity contribution in [1.82, 2.24) is 34.6 Å². The Kier molecular flexibility index (Phi) is 32.8. The van der Waals surface area contributed by atoms with Gasteiger partial charge in [-0.1, -0.05) is 117 Å². The lowest BCUT2D eigenvalue weighted by molar-refractivity contribution is -0.167. The maximum Gasteiger partial charge on any atom is 0.413 e. The number of allylic oxidation sites excluding steroid dienone is 1. The van der Waals surface area contributed by atoms with Gasteiger partial charge < -0.3 is 44.9 Å². The summed E-state index contributed by atoms with van der Waals surface area (Å²) in [6, 6.07) is 37.4. The average molecular weight is 1700 g/mol. The molecular weight excluding hydrogens is 1600 g/mol. The van der Waals surface area contributed by atoms with Crippen LogP contribution >= 0.6 is 51.5 Å². The average Bonchev–Trinajstić information content (AvgIpc) is 0.778. The molecule has 2 aromatic heterocycles. The van der Waals surface area contributed by atoms with E-state index in [2.05, 4.69) is 138 Å². The fraction of sp³-hybridized carbons (Fsp3) is 0.380. The third kappa shape index (κ3) is 24.4. The lowest BCUT2D eigenvalue weighted by Crippen LogP contribution is -2.55. The number of halogens is 7. The quantitative estimate of drug-likeness (QED) is 0.0374. The molecule has 3 fully saturated rings. The van der Waals surface area contributed by atoms with Crippen LogP contribution in [0.2, 0.25) is 10.0 Å². The molecule has 8 aromatic rings. The summed E-state index contributed by atoms with van der Waals surface area (Å²) < 4.78 is 120. The predicted molar refractivity (Wildman–Crippen MR) is 430 cm³/mol. The van der Waals surface area contributed by atoms with Gasteiger partial charge in [-0.25, -0.2) is 59.0 Å². The van der Waals surface area contributed by atoms with Crippen molar-refractivity contribution >= 4 is 113 Å². The monoisotopic (exact) mass is 1690 g/mol. The number of aromatic nitrogens is 4. The summed E-state index contributed by atoms with van der Waals surface area (Å²) in [6.07, 6.45) is 14.3. The molecule has 5 N–H and O–H groups in total. The normalized spacial score (nSPS) is 19.4. The number of hydrogen-bond acceptors (Lipinski definition) is 19. The minimum absolute atomic E-state index is 0. The van der Waals surface area contributed by atoms with E-state index in [9.17, 15) is 39.6 Å². The summed E-state index contributed by atoms with van der Waals surface area (Å²) in [7, 11) is 2.50. The molecule has 3 heterocycles. The van der Waals surface area contributed by atoms with Crippen LogP contribution < -0.4 is 29.6 Å². The van der Waals surface area contributed by atoms with Gasteiger partial charge in [0.15, 0.2) is 6.73 Å². The molecule has 12 rings (SSSR count). The second-order valence-electron chi connectivity index (χ2n) is 28.2. The molecule has 0 unspecified atom stereocenters. The fourth-order valence-electron chi connectivity index (χ4n) is 13.6. The van der Waals surface area contributed by atoms with Gasteiger partial charge in [0.2, 0.25) is 0 Å². The number of carbonyl (C=O) groups excluding carboxylic acids is 2. The topological polar surface area (TPSA) is 291 Å². The number of benzene rings is 6. The number of rotatable bonds is 17. The SMILES string of the molecule is CC(C)(C)OC(=O)N1COC(=O)[C@H]2CC(c3cccc(Br)c3)=CC[C@@H]21.COc1ccc(CN(c2ccncn2)S(=O)(=O)c2cc(Cl)c(F)cc2F)c(OC)c1.Cc1cccc([C@H]2CC[C@H](N)[C@@H](N(C)C)C2)c1.Cc1cccc([C@H]2CC[C@H](Nc3cc(F)c(S(=O)(=O)Nc4ccncn4)cc3Cl)[C@@H](N(C)C)C2)c1.Cl.O=CO. The number of hydrogen-bond donors (Lipinski definition) is 4. The minimum atomic E-state index is -4.53. The van der Waals surface area contributed by atoms with Crippen LogP contribution in [-0.2, 0) is 45.7 Å². The fourth-order valence-corrected chi connectivity index (χ4v) is 17.1. The number of methoxy groups -OCH3 is 2. The Balaban J connectivity index is 0.000000208. The molecule has 3 aliphatic carbocycles. The number of fused-ring (bicyclic) bond motifs is 1. The van der Waals surface area contributed by atoms with Gasteiger partial charge in [-0.3, -0.25) is 19.2 Å². The van der Waals surface area contributed by atoms with Crippen LogP contribution in [0.25, 0.3) is 5.57 Å². The number of amides is 1. The summed E-state index contributed by atoms with van der Waals surface area (Å²) in [5.41, 5.74) is 14.1. The number of sulfonamides is 2. The van der Waals surface area contributed by atoms with Crippen LogP contribution in [0.15, 0.2) is 173 Å². The summed E-state index contributed by atoms with van der Waals surface area (Å²) in [4.78, 5) is 53.1. The Bertz CT molecular complexity index is 4740. The van der Waals surface area contributed by atoms with Crippen LogP contribution in [0.1, 0.15) is 117 Å². The highest BCUT2D eigenvalue weighted by Gasteiger charge is 2.44. The van der Waals surface area contributed by atoms with E-state index in [0.29, 0.717) is 65.6 Å². The smallest absolute Gasteiger partial charge is 0.413 e. The Morgan fingerprint density at radius 1 is 0.757 bits per heavy atom. The molecule has 0 spiro atoms. The van der Waals surface area contributed by atoms with Crippen molar-refractivity contribution in [1.29, 1.82) is 0 Å². The van der Waals surface area contributed by atoms with Gasteiger partial charge in [0.1, 0.15) is 68.6 Å². The largest absolute Gasteiger partial charge is 0.497 e. The van der Waals surface area contributed by atoms with Gasteiger partial charge >= 0.3 is 12.1 Å². The molecule has 111 heavy (non-hydrogen) atoms. The number of carbonyl (C=O) groups is 3. The number of esters is 1. The van der Waals surface area contributed by atoms with Gasteiger partial charge in [0.05, 0.1) is 48.5 Å². The molecular formula is C79H94BrCl3F3N11O12S2. The molecule has 2 saturated carbocycles. The minimum Gasteiger partial charge on any atom is -0.497 e. The summed E-state index contributed by atoms with van der Waals surface area (Å²) in [5, 5.41) is 9.88. The van der Waals surface area contributed by atoms with Gasteiger partial charge in [0, 0.05) is 64.8 Å². The number of carboxylic acid groups (broad SMARTS) is 1. The van der Waals surface area contributed by atoms with E-state index < -0.39 is 64.0 Å². The maximum absolute atomic E-state index is 15.0. The molecule has 1 aliphatic heterocycles. The van der Waals surface area contributed by atoms with Crippen molar-refractivity contribution in [3.63, 3.8) is 0 Å².